The zero-order valence-corrected chi connectivity index (χ0v) is 11.1. The minimum atomic E-state index is -1.55. The zero-order valence-electron chi connectivity index (χ0n) is 10.4. The molecule has 0 fully saturated rings. The van der Waals surface area contributed by atoms with Gasteiger partial charge in [0.05, 0.1) is 10.7 Å². The standard InChI is InChI=1S/C14H10ClF4N/c1-7(8-2-3-9(15)11(17)6-8)20-12-5-4-10(16)13(18)14(12)19/h2-7,20H,1H3. The normalized spacial score (nSPS) is 12.3. The van der Waals surface area contributed by atoms with Crippen LogP contribution >= 0.6 is 11.6 Å². The van der Waals surface area contributed by atoms with E-state index >= 15 is 0 Å². The number of halogens is 5. The average Bonchev–Trinajstić information content (AvgIpc) is 2.42. The Balaban J connectivity index is 2.25. The number of anilines is 1. The maximum Gasteiger partial charge on any atom is 0.196 e. The number of rotatable bonds is 3. The molecule has 1 nitrogen and oxygen atoms in total. The monoisotopic (exact) mass is 303 g/mol. The zero-order chi connectivity index (χ0) is 14.9. The summed E-state index contributed by atoms with van der Waals surface area (Å²) in [5, 5.41) is 2.62. The molecule has 0 aliphatic carbocycles. The summed E-state index contributed by atoms with van der Waals surface area (Å²) >= 11 is 5.56. The topological polar surface area (TPSA) is 12.0 Å². The lowest BCUT2D eigenvalue weighted by molar-refractivity contribution is 0.448. The van der Waals surface area contributed by atoms with Crippen molar-refractivity contribution in [2.75, 3.05) is 5.32 Å². The SMILES string of the molecule is CC(Nc1ccc(F)c(F)c1F)c1ccc(Cl)c(F)c1. The largest absolute Gasteiger partial charge is 0.376 e. The van der Waals surface area contributed by atoms with Gasteiger partial charge >= 0.3 is 0 Å². The first-order valence-corrected chi connectivity index (χ1v) is 6.13. The Kier molecular flexibility index (Phi) is 4.18. The van der Waals surface area contributed by atoms with Gasteiger partial charge in [-0.1, -0.05) is 17.7 Å². The molecule has 0 aliphatic rings. The van der Waals surface area contributed by atoms with Crippen LogP contribution in [0.1, 0.15) is 18.5 Å². The van der Waals surface area contributed by atoms with Crippen LogP contribution < -0.4 is 5.32 Å². The molecule has 0 bridgehead atoms. The van der Waals surface area contributed by atoms with E-state index in [2.05, 4.69) is 5.32 Å². The highest BCUT2D eigenvalue weighted by molar-refractivity contribution is 6.30. The molecule has 1 atom stereocenters. The van der Waals surface area contributed by atoms with E-state index in [0.717, 1.165) is 12.1 Å². The van der Waals surface area contributed by atoms with Crippen molar-refractivity contribution in [1.82, 2.24) is 0 Å². The first kappa shape index (κ1) is 14.7. The Labute approximate surface area is 118 Å². The van der Waals surface area contributed by atoms with Gasteiger partial charge in [0.2, 0.25) is 0 Å². The van der Waals surface area contributed by atoms with Crippen molar-refractivity contribution in [3.8, 4) is 0 Å². The van der Waals surface area contributed by atoms with Crippen molar-refractivity contribution in [2.45, 2.75) is 13.0 Å². The molecule has 1 unspecified atom stereocenters. The summed E-state index contributed by atoms with van der Waals surface area (Å²) in [7, 11) is 0. The lowest BCUT2D eigenvalue weighted by Gasteiger charge is -2.17. The minimum absolute atomic E-state index is 0.0278. The van der Waals surface area contributed by atoms with Gasteiger partial charge in [0.15, 0.2) is 17.5 Å². The predicted molar refractivity (Wildman–Crippen MR) is 69.8 cm³/mol. The maximum atomic E-state index is 13.5. The van der Waals surface area contributed by atoms with E-state index in [4.69, 9.17) is 11.6 Å². The summed E-state index contributed by atoms with van der Waals surface area (Å²) in [6.45, 7) is 1.63. The second-order valence-electron chi connectivity index (χ2n) is 4.26. The Morgan fingerprint density at radius 1 is 0.950 bits per heavy atom. The summed E-state index contributed by atoms with van der Waals surface area (Å²) in [5.74, 6) is -4.74. The summed E-state index contributed by atoms with van der Waals surface area (Å²) in [5.41, 5.74) is 0.294. The van der Waals surface area contributed by atoms with Crippen LogP contribution in [-0.4, -0.2) is 0 Å². The van der Waals surface area contributed by atoms with Gasteiger partial charge in [-0.05, 0) is 36.8 Å². The molecule has 2 rings (SSSR count). The van der Waals surface area contributed by atoms with Crippen molar-refractivity contribution in [3.05, 3.63) is 64.2 Å². The molecule has 106 valence electrons. The molecule has 0 saturated carbocycles. The van der Waals surface area contributed by atoms with Gasteiger partial charge in [-0.2, -0.15) is 0 Å². The lowest BCUT2D eigenvalue weighted by Crippen LogP contribution is -2.09. The third-order valence-corrected chi connectivity index (χ3v) is 3.16. The fourth-order valence-corrected chi connectivity index (χ4v) is 1.85. The second kappa shape index (κ2) is 5.71. The van der Waals surface area contributed by atoms with Crippen LogP contribution in [-0.2, 0) is 0 Å². The highest BCUT2D eigenvalue weighted by Gasteiger charge is 2.16. The van der Waals surface area contributed by atoms with Crippen molar-refractivity contribution < 1.29 is 17.6 Å². The van der Waals surface area contributed by atoms with Crippen LogP contribution in [0.25, 0.3) is 0 Å². The maximum absolute atomic E-state index is 13.5. The first-order valence-electron chi connectivity index (χ1n) is 5.75. The third kappa shape index (κ3) is 2.88. The molecule has 0 amide bonds. The molecule has 20 heavy (non-hydrogen) atoms. The Bertz CT molecular complexity index is 645. The van der Waals surface area contributed by atoms with Crippen LogP contribution in [0.4, 0.5) is 23.2 Å². The van der Waals surface area contributed by atoms with Gasteiger partial charge in [-0.25, -0.2) is 17.6 Å². The molecular weight excluding hydrogens is 294 g/mol. The quantitative estimate of drug-likeness (QED) is 0.616. The number of nitrogens with one attached hydrogen (secondary N) is 1. The number of hydrogen-bond donors (Lipinski definition) is 1. The van der Waals surface area contributed by atoms with Crippen LogP contribution in [0.15, 0.2) is 30.3 Å². The van der Waals surface area contributed by atoms with E-state index in [1.807, 2.05) is 0 Å². The van der Waals surface area contributed by atoms with Gasteiger partial charge in [0.25, 0.3) is 0 Å². The lowest BCUT2D eigenvalue weighted by atomic mass is 10.1. The smallest absolute Gasteiger partial charge is 0.196 e. The van der Waals surface area contributed by atoms with Crippen molar-refractivity contribution in [1.29, 1.82) is 0 Å². The fraction of sp³-hybridized carbons (Fsp3) is 0.143. The summed E-state index contributed by atoms with van der Waals surface area (Å²) in [6, 6.07) is 5.50. The van der Waals surface area contributed by atoms with Crippen molar-refractivity contribution >= 4 is 17.3 Å². The van der Waals surface area contributed by atoms with Crippen LogP contribution in [0.5, 0.6) is 0 Å². The van der Waals surface area contributed by atoms with Crippen LogP contribution in [0.3, 0.4) is 0 Å². The Morgan fingerprint density at radius 3 is 2.30 bits per heavy atom. The van der Waals surface area contributed by atoms with Crippen molar-refractivity contribution in [2.24, 2.45) is 0 Å². The second-order valence-corrected chi connectivity index (χ2v) is 4.67. The Hall–Kier alpha value is -1.75. The van der Waals surface area contributed by atoms with Gasteiger partial charge in [0.1, 0.15) is 5.82 Å². The van der Waals surface area contributed by atoms with Gasteiger partial charge in [0, 0.05) is 6.04 Å². The van der Waals surface area contributed by atoms with Gasteiger partial charge in [-0.3, -0.25) is 0 Å². The number of hydrogen-bond acceptors (Lipinski definition) is 1. The summed E-state index contributed by atoms with van der Waals surface area (Å²) < 4.78 is 52.7. The first-order chi connectivity index (χ1) is 9.40. The van der Waals surface area contributed by atoms with Crippen molar-refractivity contribution in [3.63, 3.8) is 0 Å². The molecule has 0 heterocycles. The molecule has 0 aromatic heterocycles. The molecule has 2 aromatic carbocycles. The molecular formula is C14H10ClF4N. The predicted octanol–water partition coefficient (Wildman–Crippen LogP) is 5.07. The van der Waals surface area contributed by atoms with Gasteiger partial charge < -0.3 is 5.32 Å². The summed E-state index contributed by atoms with van der Waals surface area (Å²) in [4.78, 5) is 0. The molecule has 0 radical (unpaired) electrons. The highest BCUT2D eigenvalue weighted by Crippen LogP contribution is 2.26. The van der Waals surface area contributed by atoms with E-state index in [1.54, 1.807) is 13.0 Å². The molecule has 0 saturated heterocycles. The fourth-order valence-electron chi connectivity index (χ4n) is 1.74. The van der Waals surface area contributed by atoms with E-state index in [1.165, 1.54) is 12.1 Å². The van der Waals surface area contributed by atoms with E-state index < -0.39 is 29.3 Å². The van der Waals surface area contributed by atoms with E-state index in [0.29, 0.717) is 5.56 Å². The van der Waals surface area contributed by atoms with Crippen LogP contribution in [0, 0.1) is 23.3 Å². The Morgan fingerprint density at radius 2 is 1.65 bits per heavy atom. The average molecular weight is 304 g/mol. The van der Waals surface area contributed by atoms with E-state index in [-0.39, 0.29) is 10.7 Å². The molecule has 0 aliphatic heterocycles. The highest BCUT2D eigenvalue weighted by atomic mass is 35.5. The third-order valence-electron chi connectivity index (χ3n) is 2.85. The number of benzene rings is 2. The van der Waals surface area contributed by atoms with Gasteiger partial charge in [-0.15, -0.1) is 0 Å². The van der Waals surface area contributed by atoms with E-state index in [9.17, 15) is 17.6 Å². The molecule has 0 spiro atoms. The minimum Gasteiger partial charge on any atom is -0.376 e. The van der Waals surface area contributed by atoms with Crippen LogP contribution in [0.2, 0.25) is 5.02 Å². The molecule has 6 heteroatoms. The molecule has 2 aromatic rings. The summed E-state index contributed by atoms with van der Waals surface area (Å²) in [6.07, 6.45) is 0. The molecule has 1 N–H and O–H groups in total.